The fourth-order valence-electron chi connectivity index (χ4n) is 2.23. The van der Waals surface area contributed by atoms with Crippen molar-refractivity contribution >= 4 is 20.9 Å². The van der Waals surface area contributed by atoms with Crippen molar-refractivity contribution in [2.24, 2.45) is 0 Å². The van der Waals surface area contributed by atoms with Gasteiger partial charge in [0.05, 0.1) is 5.39 Å². The highest BCUT2D eigenvalue weighted by molar-refractivity contribution is 7.87. The molecule has 3 rings (SSSR count). The Morgan fingerprint density at radius 2 is 1.55 bits per heavy atom. The van der Waals surface area contributed by atoms with E-state index in [4.69, 9.17) is 4.18 Å². The first-order chi connectivity index (χ1) is 10.5. The number of rotatable bonds is 3. The predicted molar refractivity (Wildman–Crippen MR) is 84.6 cm³/mol. The van der Waals surface area contributed by atoms with Crippen LogP contribution in [0.1, 0.15) is 5.56 Å². The average Bonchev–Trinajstić information content (AvgIpc) is 2.47. The largest absolute Gasteiger partial charge is 0.507 e. The summed E-state index contributed by atoms with van der Waals surface area (Å²) < 4.78 is 30.0. The SMILES string of the molecule is Cc1ccc(S(=O)(=O)Oc2cccc3cccc(O)c23)cc1. The number of fused-ring (bicyclic) bond motifs is 1. The third-order valence-electron chi connectivity index (χ3n) is 3.35. The Balaban J connectivity index is 2.08. The van der Waals surface area contributed by atoms with E-state index in [1.54, 1.807) is 36.4 Å². The normalized spacial score (nSPS) is 11.5. The number of aromatic hydroxyl groups is 1. The molecule has 0 amide bonds. The fourth-order valence-corrected chi connectivity index (χ4v) is 3.17. The molecule has 22 heavy (non-hydrogen) atoms. The first kappa shape index (κ1) is 14.4. The van der Waals surface area contributed by atoms with Gasteiger partial charge in [-0.1, -0.05) is 42.0 Å². The van der Waals surface area contributed by atoms with Crippen LogP contribution in [0.5, 0.6) is 11.5 Å². The van der Waals surface area contributed by atoms with Gasteiger partial charge in [0.15, 0.2) is 5.75 Å². The summed E-state index contributed by atoms with van der Waals surface area (Å²) in [7, 11) is -3.95. The maximum Gasteiger partial charge on any atom is 0.339 e. The highest BCUT2D eigenvalue weighted by Crippen LogP contribution is 2.34. The molecule has 0 saturated carbocycles. The molecule has 3 aromatic carbocycles. The second kappa shape index (κ2) is 5.35. The third kappa shape index (κ3) is 2.63. The first-order valence-corrected chi connectivity index (χ1v) is 8.10. The lowest BCUT2D eigenvalue weighted by Gasteiger charge is -2.10. The molecule has 0 saturated heterocycles. The zero-order valence-corrected chi connectivity index (χ0v) is 12.7. The number of hydrogen-bond donors (Lipinski definition) is 1. The number of phenolic OH excluding ortho intramolecular Hbond substituents is 1. The lowest BCUT2D eigenvalue weighted by Crippen LogP contribution is -2.09. The maximum atomic E-state index is 12.4. The van der Waals surface area contributed by atoms with Crippen LogP contribution in [0.3, 0.4) is 0 Å². The second-order valence-electron chi connectivity index (χ2n) is 4.98. The lowest BCUT2D eigenvalue weighted by atomic mass is 10.1. The average molecular weight is 314 g/mol. The summed E-state index contributed by atoms with van der Waals surface area (Å²) in [4.78, 5) is 0.0746. The van der Waals surface area contributed by atoms with Crippen LogP contribution in [0.2, 0.25) is 0 Å². The highest BCUT2D eigenvalue weighted by atomic mass is 32.2. The molecular weight excluding hydrogens is 300 g/mol. The maximum absolute atomic E-state index is 12.4. The molecule has 1 N–H and O–H groups in total. The molecule has 0 aliphatic carbocycles. The Kier molecular flexibility index (Phi) is 3.50. The number of hydrogen-bond acceptors (Lipinski definition) is 4. The first-order valence-electron chi connectivity index (χ1n) is 6.69. The van der Waals surface area contributed by atoms with Gasteiger partial charge in [0.2, 0.25) is 0 Å². The van der Waals surface area contributed by atoms with Gasteiger partial charge >= 0.3 is 10.1 Å². The topological polar surface area (TPSA) is 63.6 Å². The van der Waals surface area contributed by atoms with Gasteiger partial charge in [-0.3, -0.25) is 0 Å². The highest BCUT2D eigenvalue weighted by Gasteiger charge is 2.18. The van der Waals surface area contributed by atoms with Gasteiger partial charge < -0.3 is 9.29 Å². The summed E-state index contributed by atoms with van der Waals surface area (Å²) in [5, 5.41) is 11.1. The molecule has 0 aliphatic rings. The van der Waals surface area contributed by atoms with Crippen molar-refractivity contribution in [1.29, 1.82) is 0 Å². The molecule has 3 aromatic rings. The van der Waals surface area contributed by atoms with E-state index in [1.807, 2.05) is 6.92 Å². The summed E-state index contributed by atoms with van der Waals surface area (Å²) in [6, 6.07) is 16.3. The van der Waals surface area contributed by atoms with E-state index < -0.39 is 10.1 Å². The second-order valence-corrected chi connectivity index (χ2v) is 6.53. The zero-order valence-electron chi connectivity index (χ0n) is 11.9. The Labute approximate surface area is 128 Å². The minimum atomic E-state index is -3.95. The molecule has 0 unspecified atom stereocenters. The Morgan fingerprint density at radius 1 is 0.909 bits per heavy atom. The minimum absolute atomic E-state index is 0.0211. The van der Waals surface area contributed by atoms with Crippen LogP contribution in [0, 0.1) is 6.92 Å². The van der Waals surface area contributed by atoms with Crippen molar-refractivity contribution in [3.8, 4) is 11.5 Å². The van der Waals surface area contributed by atoms with Gasteiger partial charge in [-0.15, -0.1) is 0 Å². The van der Waals surface area contributed by atoms with Gasteiger partial charge in [0.1, 0.15) is 10.6 Å². The van der Waals surface area contributed by atoms with Gasteiger partial charge in [-0.05, 0) is 36.6 Å². The summed E-state index contributed by atoms with van der Waals surface area (Å²) >= 11 is 0. The Morgan fingerprint density at radius 3 is 2.23 bits per heavy atom. The molecule has 0 heterocycles. The molecule has 0 aromatic heterocycles. The smallest absolute Gasteiger partial charge is 0.339 e. The summed E-state index contributed by atoms with van der Waals surface area (Å²) in [6.07, 6.45) is 0. The third-order valence-corrected chi connectivity index (χ3v) is 4.60. The minimum Gasteiger partial charge on any atom is -0.507 e. The van der Waals surface area contributed by atoms with Crippen LogP contribution in [-0.4, -0.2) is 13.5 Å². The zero-order chi connectivity index (χ0) is 15.7. The van der Waals surface area contributed by atoms with E-state index in [9.17, 15) is 13.5 Å². The summed E-state index contributed by atoms with van der Waals surface area (Å²) in [5.41, 5.74) is 0.960. The monoisotopic (exact) mass is 314 g/mol. The number of phenols is 1. The van der Waals surface area contributed by atoms with Crippen molar-refractivity contribution in [3.05, 3.63) is 66.2 Å². The fraction of sp³-hybridized carbons (Fsp3) is 0.0588. The van der Waals surface area contributed by atoms with Gasteiger partial charge in [-0.25, -0.2) is 0 Å². The van der Waals surface area contributed by atoms with Crippen LogP contribution >= 0.6 is 0 Å². The van der Waals surface area contributed by atoms with Crippen LogP contribution in [0.25, 0.3) is 10.8 Å². The van der Waals surface area contributed by atoms with Crippen molar-refractivity contribution in [2.75, 3.05) is 0 Å². The molecule has 0 fully saturated rings. The van der Waals surface area contributed by atoms with E-state index >= 15 is 0 Å². The van der Waals surface area contributed by atoms with Crippen LogP contribution in [0.15, 0.2) is 65.6 Å². The lowest BCUT2D eigenvalue weighted by molar-refractivity contribution is 0.473. The molecule has 0 spiro atoms. The standard InChI is InChI=1S/C17H14O4S/c1-12-8-10-14(11-9-12)22(19,20)21-16-7-3-5-13-4-2-6-15(18)17(13)16/h2-11,18H,1H3. The Hall–Kier alpha value is -2.53. The van der Waals surface area contributed by atoms with Gasteiger partial charge in [0, 0.05) is 0 Å². The molecular formula is C17H14O4S. The molecule has 0 radical (unpaired) electrons. The van der Waals surface area contributed by atoms with Crippen molar-refractivity contribution in [3.63, 3.8) is 0 Å². The van der Waals surface area contributed by atoms with Crippen molar-refractivity contribution < 1.29 is 17.7 Å². The molecule has 4 nitrogen and oxygen atoms in total. The van der Waals surface area contributed by atoms with Gasteiger partial charge in [-0.2, -0.15) is 8.42 Å². The van der Waals surface area contributed by atoms with E-state index in [1.165, 1.54) is 24.3 Å². The van der Waals surface area contributed by atoms with E-state index in [2.05, 4.69) is 0 Å². The van der Waals surface area contributed by atoms with Crippen LogP contribution < -0.4 is 4.18 Å². The Bertz CT molecular complexity index is 923. The quantitative estimate of drug-likeness (QED) is 0.750. The van der Waals surface area contributed by atoms with E-state index in [0.717, 1.165) is 5.56 Å². The summed E-state index contributed by atoms with van der Waals surface area (Å²) in [6.45, 7) is 1.87. The van der Waals surface area contributed by atoms with Gasteiger partial charge in [0.25, 0.3) is 0 Å². The number of benzene rings is 3. The molecule has 0 bridgehead atoms. The van der Waals surface area contributed by atoms with Crippen LogP contribution in [0.4, 0.5) is 0 Å². The predicted octanol–water partition coefficient (Wildman–Crippen LogP) is 3.62. The van der Waals surface area contributed by atoms with E-state index in [0.29, 0.717) is 10.8 Å². The molecule has 5 heteroatoms. The number of aryl methyl sites for hydroxylation is 1. The van der Waals surface area contributed by atoms with Crippen LogP contribution in [-0.2, 0) is 10.1 Å². The molecule has 0 aliphatic heterocycles. The van der Waals surface area contributed by atoms with E-state index in [-0.39, 0.29) is 16.4 Å². The van der Waals surface area contributed by atoms with Crippen molar-refractivity contribution in [1.82, 2.24) is 0 Å². The van der Waals surface area contributed by atoms with Crippen molar-refractivity contribution in [2.45, 2.75) is 11.8 Å². The molecule has 112 valence electrons. The summed E-state index contributed by atoms with van der Waals surface area (Å²) in [5.74, 6) is 0.0865. The molecule has 0 atom stereocenters.